The van der Waals surface area contributed by atoms with Crippen LogP contribution in [0.4, 0.5) is 5.69 Å². The number of ether oxygens (including phenoxy) is 1. The smallest absolute Gasteiger partial charge is 0.222 e. The molecule has 106 valence electrons. The molecule has 0 bridgehead atoms. The van der Waals surface area contributed by atoms with Crippen molar-refractivity contribution in [2.45, 2.75) is 6.17 Å². The maximum Gasteiger partial charge on any atom is 0.222 e. The van der Waals surface area contributed by atoms with E-state index in [1.54, 1.807) is 0 Å². The third-order valence-electron chi connectivity index (χ3n) is 3.03. The van der Waals surface area contributed by atoms with Crippen molar-refractivity contribution in [3.05, 3.63) is 59.1 Å². The van der Waals surface area contributed by atoms with Crippen LogP contribution in [0.5, 0.6) is 5.75 Å². The van der Waals surface area contributed by atoms with Crippen LogP contribution >= 0.6 is 28.1 Å². The van der Waals surface area contributed by atoms with Crippen LogP contribution in [0.3, 0.4) is 0 Å². The Morgan fingerprint density at radius 1 is 1.10 bits per heavy atom. The standard InChI is InChI=1S/C15H12BrN3OS/c16-11-6-8-13(9-7-11)20-10-14-17-18-15(21)19(14)12-4-2-1-3-5-12/h1-9,14H,10H2. The molecule has 6 heteroatoms. The molecule has 1 heterocycles. The number of rotatable bonds is 4. The topological polar surface area (TPSA) is 37.2 Å². The van der Waals surface area contributed by atoms with Crippen LogP contribution in [0.25, 0.3) is 0 Å². The fraction of sp³-hybridized carbons (Fsp3) is 0.133. The third-order valence-corrected chi connectivity index (χ3v) is 3.83. The molecule has 21 heavy (non-hydrogen) atoms. The molecule has 2 aromatic rings. The zero-order chi connectivity index (χ0) is 14.7. The second-order valence-corrected chi connectivity index (χ2v) is 5.73. The SMILES string of the molecule is S=C1N=NC(COc2ccc(Br)cc2)N1c1ccccc1. The first-order chi connectivity index (χ1) is 10.2. The monoisotopic (exact) mass is 361 g/mol. The Balaban J connectivity index is 1.71. The Morgan fingerprint density at radius 2 is 1.81 bits per heavy atom. The van der Waals surface area contributed by atoms with E-state index in [9.17, 15) is 0 Å². The number of thiocarbonyl (C=S) groups is 1. The number of hydrogen-bond donors (Lipinski definition) is 0. The lowest BCUT2D eigenvalue weighted by Gasteiger charge is -2.23. The van der Waals surface area contributed by atoms with Crippen LogP contribution in [-0.2, 0) is 0 Å². The summed E-state index contributed by atoms with van der Waals surface area (Å²) in [5.74, 6) is 0.791. The number of nitrogens with zero attached hydrogens (tertiary/aromatic N) is 3. The minimum Gasteiger partial charge on any atom is -0.489 e. The summed E-state index contributed by atoms with van der Waals surface area (Å²) in [7, 11) is 0. The number of benzene rings is 2. The van der Waals surface area contributed by atoms with E-state index < -0.39 is 0 Å². The maximum absolute atomic E-state index is 5.77. The molecular weight excluding hydrogens is 350 g/mol. The highest BCUT2D eigenvalue weighted by Gasteiger charge is 2.28. The first-order valence-corrected chi connectivity index (χ1v) is 7.61. The predicted octanol–water partition coefficient (Wildman–Crippen LogP) is 4.41. The molecular formula is C15H12BrN3OS. The van der Waals surface area contributed by atoms with Crippen molar-refractivity contribution < 1.29 is 4.74 Å². The first-order valence-electron chi connectivity index (χ1n) is 6.41. The van der Waals surface area contributed by atoms with Gasteiger partial charge in [-0.3, -0.25) is 4.90 Å². The minimum absolute atomic E-state index is 0.233. The summed E-state index contributed by atoms with van der Waals surface area (Å²) in [4.78, 5) is 1.90. The molecule has 0 fully saturated rings. The van der Waals surface area contributed by atoms with Gasteiger partial charge in [0, 0.05) is 10.2 Å². The summed E-state index contributed by atoms with van der Waals surface area (Å²) in [5.41, 5.74) is 0.969. The van der Waals surface area contributed by atoms with Gasteiger partial charge in [0.1, 0.15) is 12.4 Å². The van der Waals surface area contributed by atoms with E-state index >= 15 is 0 Å². The molecule has 4 nitrogen and oxygen atoms in total. The Labute approximate surface area is 136 Å². The van der Waals surface area contributed by atoms with E-state index in [1.807, 2.05) is 59.5 Å². The summed E-state index contributed by atoms with van der Waals surface area (Å²) in [6.07, 6.45) is -0.233. The largest absolute Gasteiger partial charge is 0.489 e. The summed E-state index contributed by atoms with van der Waals surface area (Å²) < 4.78 is 6.79. The van der Waals surface area contributed by atoms with Gasteiger partial charge in [-0.2, -0.15) is 5.11 Å². The van der Waals surface area contributed by atoms with Crippen LogP contribution < -0.4 is 9.64 Å². The van der Waals surface area contributed by atoms with E-state index in [4.69, 9.17) is 17.0 Å². The van der Waals surface area contributed by atoms with Gasteiger partial charge in [-0.1, -0.05) is 34.1 Å². The summed E-state index contributed by atoms with van der Waals surface area (Å²) in [5, 5.41) is 8.64. The lowest BCUT2D eigenvalue weighted by molar-refractivity contribution is 0.293. The highest BCUT2D eigenvalue weighted by Crippen LogP contribution is 2.24. The van der Waals surface area contributed by atoms with Crippen molar-refractivity contribution in [2.75, 3.05) is 11.5 Å². The molecule has 1 unspecified atom stereocenters. The maximum atomic E-state index is 5.77. The third kappa shape index (κ3) is 3.28. The van der Waals surface area contributed by atoms with Crippen LogP contribution in [0.2, 0.25) is 0 Å². The minimum atomic E-state index is -0.233. The highest BCUT2D eigenvalue weighted by atomic mass is 79.9. The average Bonchev–Trinajstić information content (AvgIpc) is 2.88. The highest BCUT2D eigenvalue weighted by molar-refractivity contribution is 9.10. The Hall–Kier alpha value is -1.79. The van der Waals surface area contributed by atoms with Crippen LogP contribution in [0.15, 0.2) is 69.3 Å². The van der Waals surface area contributed by atoms with Crippen molar-refractivity contribution in [3.8, 4) is 5.75 Å². The molecule has 0 aliphatic carbocycles. The molecule has 3 rings (SSSR count). The molecule has 0 radical (unpaired) electrons. The van der Waals surface area contributed by atoms with Gasteiger partial charge in [0.2, 0.25) is 5.11 Å². The average molecular weight is 362 g/mol. The number of para-hydroxylation sites is 1. The van der Waals surface area contributed by atoms with Gasteiger partial charge in [-0.15, -0.1) is 5.11 Å². The summed E-state index contributed by atoms with van der Waals surface area (Å²) >= 11 is 8.65. The van der Waals surface area contributed by atoms with Crippen molar-refractivity contribution in [1.29, 1.82) is 0 Å². The predicted molar refractivity (Wildman–Crippen MR) is 89.8 cm³/mol. The van der Waals surface area contributed by atoms with E-state index in [0.29, 0.717) is 11.7 Å². The number of hydrogen-bond acceptors (Lipinski definition) is 3. The Morgan fingerprint density at radius 3 is 2.52 bits per heavy atom. The second kappa shape index (κ2) is 6.32. The summed E-state index contributed by atoms with van der Waals surface area (Å²) in [6, 6.07) is 17.5. The molecule has 0 aromatic heterocycles. The van der Waals surface area contributed by atoms with Crippen LogP contribution in [-0.4, -0.2) is 17.9 Å². The zero-order valence-electron chi connectivity index (χ0n) is 11.0. The quantitative estimate of drug-likeness (QED) is 0.756. The lowest BCUT2D eigenvalue weighted by atomic mass is 10.3. The fourth-order valence-corrected chi connectivity index (χ4v) is 2.56. The van der Waals surface area contributed by atoms with E-state index in [2.05, 4.69) is 26.2 Å². The van der Waals surface area contributed by atoms with Gasteiger partial charge < -0.3 is 4.74 Å². The molecule has 0 N–H and O–H groups in total. The Kier molecular flexibility index (Phi) is 4.26. The van der Waals surface area contributed by atoms with Crippen molar-refractivity contribution in [3.63, 3.8) is 0 Å². The Bertz CT molecular complexity index is 660. The van der Waals surface area contributed by atoms with Crippen LogP contribution in [0.1, 0.15) is 0 Å². The van der Waals surface area contributed by atoms with Crippen LogP contribution in [0, 0.1) is 0 Å². The van der Waals surface area contributed by atoms with Crippen molar-refractivity contribution in [1.82, 2.24) is 0 Å². The van der Waals surface area contributed by atoms with Crippen molar-refractivity contribution >= 4 is 38.9 Å². The second-order valence-electron chi connectivity index (χ2n) is 4.45. The van der Waals surface area contributed by atoms with Crippen molar-refractivity contribution in [2.24, 2.45) is 10.2 Å². The van der Waals surface area contributed by atoms with Gasteiger partial charge in [-0.05, 0) is 48.6 Å². The molecule has 0 spiro atoms. The molecule has 1 aliphatic heterocycles. The normalized spacial score (nSPS) is 17.3. The molecule has 0 saturated heterocycles. The van der Waals surface area contributed by atoms with Gasteiger partial charge in [0.15, 0.2) is 6.17 Å². The first kappa shape index (κ1) is 14.2. The molecule has 0 saturated carbocycles. The molecule has 1 atom stereocenters. The lowest BCUT2D eigenvalue weighted by Crippen LogP contribution is -2.36. The van der Waals surface area contributed by atoms with E-state index in [-0.39, 0.29) is 6.17 Å². The zero-order valence-corrected chi connectivity index (χ0v) is 13.4. The molecule has 1 aliphatic rings. The van der Waals surface area contributed by atoms with E-state index in [1.165, 1.54) is 0 Å². The number of azo groups is 1. The van der Waals surface area contributed by atoms with E-state index in [0.717, 1.165) is 15.9 Å². The van der Waals surface area contributed by atoms with Gasteiger partial charge >= 0.3 is 0 Å². The van der Waals surface area contributed by atoms with Gasteiger partial charge in [0.25, 0.3) is 0 Å². The fourth-order valence-electron chi connectivity index (χ4n) is 2.02. The van der Waals surface area contributed by atoms with Gasteiger partial charge in [0.05, 0.1) is 0 Å². The molecule has 2 aromatic carbocycles. The molecule has 0 amide bonds. The summed E-state index contributed by atoms with van der Waals surface area (Å²) in [6.45, 7) is 0.389. The number of halogens is 1. The van der Waals surface area contributed by atoms with Gasteiger partial charge in [-0.25, -0.2) is 0 Å². The number of anilines is 1.